The highest BCUT2D eigenvalue weighted by atomic mass is 19.4. The van der Waals surface area contributed by atoms with Gasteiger partial charge >= 0.3 is 12.1 Å². The van der Waals surface area contributed by atoms with E-state index in [2.05, 4.69) is 15.3 Å². The molecule has 0 aliphatic heterocycles. The minimum Gasteiger partial charge on any atom is -0.478 e. The average Bonchev–Trinajstić information content (AvgIpc) is 2.22. The van der Waals surface area contributed by atoms with Crippen molar-refractivity contribution < 1.29 is 23.1 Å². The van der Waals surface area contributed by atoms with E-state index in [-0.39, 0.29) is 30.2 Å². The third-order valence-corrected chi connectivity index (χ3v) is 2.13. The number of aromatic carboxylic acids is 1. The first kappa shape index (κ1) is 14.2. The molecule has 1 aromatic heterocycles. The number of carboxylic acids is 1. The van der Waals surface area contributed by atoms with Gasteiger partial charge in [-0.15, -0.1) is 0 Å². The zero-order chi connectivity index (χ0) is 13.8. The van der Waals surface area contributed by atoms with Crippen LogP contribution in [-0.4, -0.2) is 33.8 Å². The molecule has 0 amide bonds. The van der Waals surface area contributed by atoms with Crippen LogP contribution in [0.15, 0.2) is 6.20 Å². The summed E-state index contributed by atoms with van der Waals surface area (Å²) in [7, 11) is 0. The Balaban J connectivity index is 2.49. The van der Waals surface area contributed by atoms with E-state index < -0.39 is 18.6 Å². The molecule has 1 heterocycles. The number of hydrogen-bond acceptors (Lipinski definition) is 4. The van der Waals surface area contributed by atoms with Crippen molar-refractivity contribution in [2.75, 3.05) is 11.9 Å². The van der Waals surface area contributed by atoms with Crippen molar-refractivity contribution in [2.24, 2.45) is 0 Å². The predicted octanol–water partition coefficient (Wildman–Crippen LogP) is 2.24. The largest absolute Gasteiger partial charge is 0.478 e. The first-order valence-electron chi connectivity index (χ1n) is 5.17. The number of nitrogens with one attached hydrogen (secondary N) is 1. The Morgan fingerprint density at radius 3 is 2.67 bits per heavy atom. The molecule has 1 aromatic rings. The number of anilines is 1. The molecular weight excluding hydrogens is 251 g/mol. The lowest BCUT2D eigenvalue weighted by atomic mass is 10.2. The summed E-state index contributed by atoms with van der Waals surface area (Å²) < 4.78 is 35.6. The summed E-state index contributed by atoms with van der Waals surface area (Å²) in [5.74, 6) is -1.02. The van der Waals surface area contributed by atoms with Gasteiger partial charge in [0, 0.05) is 19.2 Å². The van der Waals surface area contributed by atoms with Gasteiger partial charge in [0.2, 0.25) is 5.95 Å². The van der Waals surface area contributed by atoms with Gasteiger partial charge in [0.25, 0.3) is 0 Å². The first-order valence-corrected chi connectivity index (χ1v) is 5.17. The Hall–Kier alpha value is -1.86. The van der Waals surface area contributed by atoms with Gasteiger partial charge in [-0.1, -0.05) is 0 Å². The summed E-state index contributed by atoms with van der Waals surface area (Å²) in [5.41, 5.74) is 0.228. The number of aromatic nitrogens is 2. The van der Waals surface area contributed by atoms with E-state index in [0.717, 1.165) is 6.20 Å². The summed E-state index contributed by atoms with van der Waals surface area (Å²) in [4.78, 5) is 18.2. The third kappa shape index (κ3) is 4.56. The van der Waals surface area contributed by atoms with Crippen LogP contribution in [0, 0.1) is 6.92 Å². The van der Waals surface area contributed by atoms with E-state index in [0.29, 0.717) is 0 Å². The van der Waals surface area contributed by atoms with Crippen molar-refractivity contribution in [1.29, 1.82) is 0 Å². The van der Waals surface area contributed by atoms with Gasteiger partial charge in [-0.25, -0.2) is 14.8 Å². The van der Waals surface area contributed by atoms with Crippen molar-refractivity contribution in [3.05, 3.63) is 17.5 Å². The first-order chi connectivity index (χ1) is 8.29. The van der Waals surface area contributed by atoms with Crippen LogP contribution in [0.1, 0.15) is 28.9 Å². The minimum absolute atomic E-state index is 0.0316. The Bertz CT molecular complexity index is 435. The van der Waals surface area contributed by atoms with Crippen LogP contribution >= 0.6 is 0 Å². The monoisotopic (exact) mass is 263 g/mol. The average molecular weight is 263 g/mol. The van der Waals surface area contributed by atoms with Gasteiger partial charge in [0.05, 0.1) is 11.3 Å². The lowest BCUT2D eigenvalue weighted by Gasteiger charge is -2.08. The van der Waals surface area contributed by atoms with Gasteiger partial charge in [0.15, 0.2) is 0 Å². The topological polar surface area (TPSA) is 75.1 Å². The van der Waals surface area contributed by atoms with Crippen molar-refractivity contribution in [3.63, 3.8) is 0 Å². The minimum atomic E-state index is -4.17. The molecule has 8 heteroatoms. The molecule has 0 fully saturated rings. The fourth-order valence-corrected chi connectivity index (χ4v) is 1.25. The van der Waals surface area contributed by atoms with Crippen molar-refractivity contribution in [3.8, 4) is 0 Å². The fourth-order valence-electron chi connectivity index (χ4n) is 1.25. The number of aryl methyl sites for hydroxylation is 1. The highest BCUT2D eigenvalue weighted by molar-refractivity contribution is 5.88. The molecule has 1 rings (SSSR count). The Labute approximate surface area is 101 Å². The van der Waals surface area contributed by atoms with Crippen molar-refractivity contribution >= 4 is 11.9 Å². The number of hydrogen-bond donors (Lipinski definition) is 2. The smallest absolute Gasteiger partial charge is 0.389 e. The normalized spacial score (nSPS) is 11.3. The van der Waals surface area contributed by atoms with Crippen LogP contribution in [0.4, 0.5) is 19.1 Å². The van der Waals surface area contributed by atoms with Crippen LogP contribution in [0.5, 0.6) is 0 Å². The Morgan fingerprint density at radius 2 is 2.17 bits per heavy atom. The number of halogens is 3. The van der Waals surface area contributed by atoms with Gasteiger partial charge < -0.3 is 10.4 Å². The summed E-state index contributed by atoms with van der Waals surface area (Å²) in [6.45, 7) is 1.57. The lowest BCUT2D eigenvalue weighted by Crippen LogP contribution is -2.13. The molecule has 100 valence electrons. The second-order valence-corrected chi connectivity index (χ2v) is 3.64. The molecule has 0 unspecified atom stereocenters. The molecule has 0 atom stereocenters. The third-order valence-electron chi connectivity index (χ3n) is 2.13. The molecule has 18 heavy (non-hydrogen) atoms. The van der Waals surface area contributed by atoms with Crippen molar-refractivity contribution in [2.45, 2.75) is 25.9 Å². The van der Waals surface area contributed by atoms with E-state index in [1.165, 1.54) is 6.92 Å². The highest BCUT2D eigenvalue weighted by Crippen LogP contribution is 2.21. The summed E-state index contributed by atoms with van der Waals surface area (Å²) in [5, 5.41) is 11.3. The maximum absolute atomic E-state index is 11.9. The van der Waals surface area contributed by atoms with E-state index in [1.807, 2.05) is 0 Å². The van der Waals surface area contributed by atoms with Crippen LogP contribution in [0.2, 0.25) is 0 Å². The number of carbonyl (C=O) groups is 1. The maximum Gasteiger partial charge on any atom is 0.389 e. The summed E-state index contributed by atoms with van der Waals surface area (Å²) in [6.07, 6.45) is -4.03. The van der Waals surface area contributed by atoms with E-state index in [4.69, 9.17) is 5.11 Å². The number of alkyl halides is 3. The molecule has 0 saturated heterocycles. The highest BCUT2D eigenvalue weighted by Gasteiger charge is 2.25. The zero-order valence-corrected chi connectivity index (χ0v) is 9.58. The molecule has 0 aliphatic carbocycles. The molecule has 0 aromatic carbocycles. The predicted molar refractivity (Wildman–Crippen MR) is 57.5 cm³/mol. The van der Waals surface area contributed by atoms with E-state index in [1.54, 1.807) is 0 Å². The summed E-state index contributed by atoms with van der Waals surface area (Å²) >= 11 is 0. The van der Waals surface area contributed by atoms with Gasteiger partial charge in [-0.05, 0) is 13.3 Å². The number of rotatable bonds is 5. The second kappa shape index (κ2) is 5.65. The maximum atomic E-state index is 11.9. The lowest BCUT2D eigenvalue weighted by molar-refractivity contribution is -0.134. The number of carboxylic acid groups (broad SMARTS) is 1. The standard InChI is InChI=1S/C10H12F3N3O2/c1-6-7(8(17)18)5-15-9(16-6)14-4-2-3-10(11,12)13/h5H,2-4H2,1H3,(H,17,18)(H,14,15,16). The van der Waals surface area contributed by atoms with Gasteiger partial charge in [0.1, 0.15) is 0 Å². The van der Waals surface area contributed by atoms with Crippen LogP contribution in [0.3, 0.4) is 0 Å². The molecule has 0 saturated carbocycles. The molecule has 0 spiro atoms. The van der Waals surface area contributed by atoms with Crippen LogP contribution in [-0.2, 0) is 0 Å². The van der Waals surface area contributed by atoms with Crippen LogP contribution < -0.4 is 5.32 Å². The van der Waals surface area contributed by atoms with Crippen molar-refractivity contribution in [1.82, 2.24) is 9.97 Å². The van der Waals surface area contributed by atoms with E-state index in [9.17, 15) is 18.0 Å². The summed E-state index contributed by atoms with van der Waals surface area (Å²) in [6, 6.07) is 0. The van der Waals surface area contributed by atoms with E-state index >= 15 is 0 Å². The molecule has 2 N–H and O–H groups in total. The molecule has 0 aliphatic rings. The Morgan fingerprint density at radius 1 is 1.50 bits per heavy atom. The molecule has 0 bridgehead atoms. The molecule has 5 nitrogen and oxygen atoms in total. The fraction of sp³-hybridized carbons (Fsp3) is 0.500. The van der Waals surface area contributed by atoms with Gasteiger partial charge in [-0.3, -0.25) is 0 Å². The quantitative estimate of drug-likeness (QED) is 0.797. The SMILES string of the molecule is Cc1nc(NCCCC(F)(F)F)ncc1C(=O)O. The molecular formula is C10H12F3N3O2. The Kier molecular flexibility index (Phi) is 4.46. The number of nitrogens with zero attached hydrogens (tertiary/aromatic N) is 2. The zero-order valence-electron chi connectivity index (χ0n) is 9.58. The van der Waals surface area contributed by atoms with Gasteiger partial charge in [-0.2, -0.15) is 13.2 Å². The second-order valence-electron chi connectivity index (χ2n) is 3.64. The van der Waals surface area contributed by atoms with Crippen LogP contribution in [0.25, 0.3) is 0 Å². The molecule has 0 radical (unpaired) electrons.